The minimum atomic E-state index is -0.454. The summed E-state index contributed by atoms with van der Waals surface area (Å²) in [4.78, 5) is 15.9. The van der Waals surface area contributed by atoms with Crippen molar-refractivity contribution in [1.82, 2.24) is 10.1 Å². The zero-order valence-corrected chi connectivity index (χ0v) is 19.7. The number of hydrogen-bond donors (Lipinski definition) is 0. The number of amides is 1. The molecule has 5 rings (SSSR count). The largest absolute Gasteiger partial charge is 0.493 e. The highest BCUT2D eigenvalue weighted by Crippen LogP contribution is 2.42. The van der Waals surface area contributed by atoms with Crippen molar-refractivity contribution in [2.24, 2.45) is 0 Å². The Morgan fingerprint density at radius 3 is 2.40 bits per heavy atom. The van der Waals surface area contributed by atoms with Gasteiger partial charge >= 0.3 is 0 Å². The van der Waals surface area contributed by atoms with Crippen molar-refractivity contribution in [3.63, 3.8) is 0 Å². The highest BCUT2D eigenvalue weighted by molar-refractivity contribution is 6.01. The fraction of sp³-hybridized carbons (Fsp3) is 0.214. The zero-order valence-electron chi connectivity index (χ0n) is 19.7. The van der Waals surface area contributed by atoms with Crippen LogP contribution in [0.25, 0.3) is 11.3 Å². The number of ether oxygens (including phenoxy) is 2. The van der Waals surface area contributed by atoms with Gasteiger partial charge in [-0.3, -0.25) is 4.79 Å². The molecule has 0 unspecified atom stereocenters. The molecule has 1 aliphatic rings. The van der Waals surface area contributed by atoms with Crippen molar-refractivity contribution in [1.29, 1.82) is 0 Å². The number of nitrogens with zero attached hydrogens (tertiary/aromatic N) is 2. The summed E-state index contributed by atoms with van der Waals surface area (Å²) in [6.45, 7) is 2.20. The predicted octanol–water partition coefficient (Wildman–Crippen LogP) is 5.59. The van der Waals surface area contributed by atoms with E-state index in [1.165, 1.54) is 12.1 Å². The molecule has 0 radical (unpaired) electrons. The fourth-order valence-corrected chi connectivity index (χ4v) is 4.73. The number of methoxy groups -OCH3 is 2. The van der Waals surface area contributed by atoms with Crippen LogP contribution in [0.15, 0.2) is 71.3 Å². The Bertz CT molecular complexity index is 1370. The van der Waals surface area contributed by atoms with Crippen LogP contribution in [-0.2, 0) is 6.42 Å². The Labute approximate surface area is 202 Å². The molecule has 3 aromatic carbocycles. The molecule has 1 atom stereocenters. The first-order chi connectivity index (χ1) is 17.0. The Balaban J connectivity index is 1.65. The van der Waals surface area contributed by atoms with Crippen molar-refractivity contribution in [2.45, 2.75) is 19.4 Å². The highest BCUT2D eigenvalue weighted by atomic mass is 19.1. The van der Waals surface area contributed by atoms with Crippen LogP contribution >= 0.6 is 0 Å². The Hall–Kier alpha value is -4.13. The zero-order chi connectivity index (χ0) is 24.5. The topological polar surface area (TPSA) is 64.8 Å². The summed E-state index contributed by atoms with van der Waals surface area (Å²) in [5.74, 6) is 1.11. The molecule has 7 heteroatoms. The lowest BCUT2D eigenvalue weighted by molar-refractivity contribution is 0.0693. The van der Waals surface area contributed by atoms with Gasteiger partial charge in [0.2, 0.25) is 0 Å². The molecule has 35 heavy (non-hydrogen) atoms. The molecule has 1 aliphatic heterocycles. The van der Waals surface area contributed by atoms with E-state index < -0.39 is 6.04 Å². The molecule has 4 aromatic rings. The molecule has 0 fully saturated rings. The van der Waals surface area contributed by atoms with Crippen molar-refractivity contribution in [3.05, 3.63) is 101 Å². The number of benzene rings is 3. The third-order valence-corrected chi connectivity index (χ3v) is 6.44. The average Bonchev–Trinajstić information content (AvgIpc) is 3.29. The van der Waals surface area contributed by atoms with Crippen molar-refractivity contribution in [3.8, 4) is 22.8 Å². The molecule has 0 aliphatic carbocycles. The lowest BCUT2D eigenvalue weighted by Crippen LogP contribution is -2.41. The standard InChI is InChI=1S/C28H25FN2O4/c1-17-25(26(30-35-17)18-7-5-4-6-8-18)28(32)31-14-13-20-15-23(33-2)24(34-3)16-22(20)27(31)19-9-11-21(29)12-10-19/h4-12,15-16,27H,13-14H2,1-3H3/t27-/m1/s1. The van der Waals surface area contributed by atoms with Crippen LogP contribution in [0, 0.1) is 12.7 Å². The average molecular weight is 473 g/mol. The molecule has 0 N–H and O–H groups in total. The van der Waals surface area contributed by atoms with Crippen LogP contribution in [0.2, 0.25) is 0 Å². The summed E-state index contributed by atoms with van der Waals surface area (Å²) in [6.07, 6.45) is 0.629. The van der Waals surface area contributed by atoms with E-state index >= 15 is 0 Å². The number of aromatic nitrogens is 1. The molecule has 1 aromatic heterocycles. The van der Waals surface area contributed by atoms with E-state index in [2.05, 4.69) is 5.16 Å². The van der Waals surface area contributed by atoms with Crippen molar-refractivity contribution >= 4 is 5.91 Å². The first kappa shape index (κ1) is 22.7. The Kier molecular flexibility index (Phi) is 5.99. The van der Waals surface area contributed by atoms with Crippen LogP contribution in [0.1, 0.15) is 38.9 Å². The van der Waals surface area contributed by atoms with Gasteiger partial charge in [0.05, 0.1) is 20.3 Å². The van der Waals surface area contributed by atoms with Crippen LogP contribution in [0.5, 0.6) is 11.5 Å². The van der Waals surface area contributed by atoms with Crippen LogP contribution < -0.4 is 9.47 Å². The van der Waals surface area contributed by atoms with E-state index in [9.17, 15) is 9.18 Å². The summed E-state index contributed by atoms with van der Waals surface area (Å²) < 4.78 is 30.3. The third kappa shape index (κ3) is 4.03. The molecule has 0 bridgehead atoms. The van der Waals surface area contributed by atoms with Gasteiger partial charge in [-0.2, -0.15) is 0 Å². The number of rotatable bonds is 5. The number of halogens is 1. The summed E-state index contributed by atoms with van der Waals surface area (Å²) in [7, 11) is 3.18. The number of carbonyl (C=O) groups excluding carboxylic acids is 1. The molecule has 2 heterocycles. The van der Waals surface area contributed by atoms with E-state index in [4.69, 9.17) is 14.0 Å². The predicted molar refractivity (Wildman–Crippen MR) is 129 cm³/mol. The van der Waals surface area contributed by atoms with Crippen LogP contribution in [0.3, 0.4) is 0 Å². The lowest BCUT2D eigenvalue weighted by Gasteiger charge is -2.38. The maximum absolute atomic E-state index is 14.1. The second-order valence-corrected chi connectivity index (χ2v) is 8.44. The lowest BCUT2D eigenvalue weighted by atomic mass is 9.87. The van der Waals surface area contributed by atoms with Crippen molar-refractivity contribution < 1.29 is 23.2 Å². The van der Waals surface area contributed by atoms with Crippen LogP contribution in [0.4, 0.5) is 4.39 Å². The van der Waals surface area contributed by atoms with Gasteiger partial charge in [-0.05, 0) is 54.3 Å². The highest BCUT2D eigenvalue weighted by Gasteiger charge is 2.36. The number of carbonyl (C=O) groups is 1. The number of aryl methyl sites for hydroxylation is 1. The van der Waals surface area contributed by atoms with Gasteiger partial charge < -0.3 is 18.9 Å². The van der Waals surface area contributed by atoms with Gasteiger partial charge in [0.15, 0.2) is 11.5 Å². The maximum Gasteiger partial charge on any atom is 0.260 e. The SMILES string of the molecule is COc1cc2c(cc1OC)[C@@H](c1ccc(F)cc1)N(C(=O)c1c(-c3ccccc3)noc1C)CC2. The summed E-state index contributed by atoms with van der Waals surface area (Å²) in [5, 5.41) is 4.20. The second kappa shape index (κ2) is 9.25. The van der Waals surface area contributed by atoms with E-state index in [1.54, 1.807) is 38.2 Å². The molecule has 1 amide bonds. The van der Waals surface area contributed by atoms with E-state index in [0.29, 0.717) is 41.5 Å². The molecule has 0 spiro atoms. The van der Waals surface area contributed by atoms with Gasteiger partial charge in [0.1, 0.15) is 22.8 Å². The monoisotopic (exact) mass is 472 g/mol. The quantitative estimate of drug-likeness (QED) is 0.379. The normalized spacial score (nSPS) is 15.0. The molecule has 6 nitrogen and oxygen atoms in total. The van der Waals surface area contributed by atoms with Gasteiger partial charge in [-0.1, -0.05) is 47.6 Å². The smallest absolute Gasteiger partial charge is 0.260 e. The Morgan fingerprint density at radius 1 is 1.03 bits per heavy atom. The summed E-state index contributed by atoms with van der Waals surface area (Å²) >= 11 is 0. The molecule has 0 saturated heterocycles. The minimum Gasteiger partial charge on any atom is -0.493 e. The van der Waals surface area contributed by atoms with E-state index in [0.717, 1.165) is 22.3 Å². The molecular weight excluding hydrogens is 447 g/mol. The summed E-state index contributed by atoms with van der Waals surface area (Å²) in [6, 6.07) is 19.1. The summed E-state index contributed by atoms with van der Waals surface area (Å²) in [5.41, 5.74) is 4.48. The fourth-order valence-electron chi connectivity index (χ4n) is 4.73. The molecule has 0 saturated carbocycles. The molecular formula is C28H25FN2O4. The van der Waals surface area contributed by atoms with Gasteiger partial charge in [0.25, 0.3) is 5.91 Å². The third-order valence-electron chi connectivity index (χ3n) is 6.44. The van der Waals surface area contributed by atoms with Gasteiger partial charge in [0, 0.05) is 12.1 Å². The first-order valence-corrected chi connectivity index (χ1v) is 11.3. The maximum atomic E-state index is 14.1. The Morgan fingerprint density at radius 2 is 1.71 bits per heavy atom. The minimum absolute atomic E-state index is 0.197. The van der Waals surface area contributed by atoms with E-state index in [-0.39, 0.29) is 11.7 Å². The van der Waals surface area contributed by atoms with Crippen LogP contribution in [-0.4, -0.2) is 36.7 Å². The second-order valence-electron chi connectivity index (χ2n) is 8.44. The van der Waals surface area contributed by atoms with Gasteiger partial charge in [-0.25, -0.2) is 4.39 Å². The van der Waals surface area contributed by atoms with E-state index in [1.807, 2.05) is 42.5 Å². The number of hydrogen-bond acceptors (Lipinski definition) is 5. The van der Waals surface area contributed by atoms with Crippen molar-refractivity contribution in [2.75, 3.05) is 20.8 Å². The van der Waals surface area contributed by atoms with Gasteiger partial charge in [-0.15, -0.1) is 0 Å². The first-order valence-electron chi connectivity index (χ1n) is 11.3. The number of fused-ring (bicyclic) bond motifs is 1. The molecule has 178 valence electrons.